The van der Waals surface area contributed by atoms with E-state index in [1.807, 2.05) is 0 Å². The first kappa shape index (κ1) is 16.1. The molecule has 1 rings (SSSR count). The third-order valence-corrected chi connectivity index (χ3v) is 9.83. The number of hydrogen-bond acceptors (Lipinski definition) is 4. The first-order chi connectivity index (χ1) is 7.93. The van der Waals surface area contributed by atoms with Gasteiger partial charge in [-0.05, 0) is 18.1 Å². The molecule has 1 saturated heterocycles. The average molecular weight is 294 g/mol. The Hall–Kier alpha value is 0.0469. The number of likely N-dealkylation sites (tertiary alicyclic amines) is 1. The SMILES string of the molecule is CC(C)(C)[Si](C)(C)OCCN1CC(S(N)(=O)=O)C1. The Labute approximate surface area is 112 Å². The zero-order valence-electron chi connectivity index (χ0n) is 12.1. The minimum absolute atomic E-state index is 0.213. The van der Waals surface area contributed by atoms with Crippen LogP contribution in [0.2, 0.25) is 18.1 Å². The summed E-state index contributed by atoms with van der Waals surface area (Å²) in [6.45, 7) is 13.6. The fourth-order valence-corrected chi connectivity index (χ4v) is 3.43. The van der Waals surface area contributed by atoms with Gasteiger partial charge >= 0.3 is 0 Å². The van der Waals surface area contributed by atoms with Crippen molar-refractivity contribution in [1.82, 2.24) is 4.90 Å². The van der Waals surface area contributed by atoms with Crippen molar-refractivity contribution in [3.63, 3.8) is 0 Å². The number of nitrogens with zero attached hydrogens (tertiary/aromatic N) is 1. The Morgan fingerprint density at radius 2 is 1.83 bits per heavy atom. The molecule has 0 saturated carbocycles. The van der Waals surface area contributed by atoms with Crippen molar-refractivity contribution in [3.05, 3.63) is 0 Å². The Morgan fingerprint density at radius 1 is 1.33 bits per heavy atom. The van der Waals surface area contributed by atoms with Crippen LogP contribution in [0, 0.1) is 0 Å². The van der Waals surface area contributed by atoms with E-state index in [0.717, 1.165) is 6.54 Å². The zero-order chi connectivity index (χ0) is 14.2. The topological polar surface area (TPSA) is 72.6 Å². The molecule has 0 spiro atoms. The molecule has 0 atom stereocenters. The van der Waals surface area contributed by atoms with Crippen LogP contribution in [0.1, 0.15) is 20.8 Å². The molecule has 0 aromatic rings. The second-order valence-corrected chi connectivity index (χ2v) is 13.2. The van der Waals surface area contributed by atoms with Crippen molar-refractivity contribution in [1.29, 1.82) is 0 Å². The second-order valence-electron chi connectivity index (χ2n) is 6.58. The van der Waals surface area contributed by atoms with Gasteiger partial charge in [0, 0.05) is 26.2 Å². The van der Waals surface area contributed by atoms with E-state index in [0.29, 0.717) is 19.7 Å². The van der Waals surface area contributed by atoms with Gasteiger partial charge in [0.25, 0.3) is 0 Å². The molecule has 2 N–H and O–H groups in total. The van der Waals surface area contributed by atoms with Gasteiger partial charge in [0.2, 0.25) is 10.0 Å². The molecule has 18 heavy (non-hydrogen) atoms. The van der Waals surface area contributed by atoms with Crippen LogP contribution in [-0.2, 0) is 14.4 Å². The van der Waals surface area contributed by atoms with E-state index >= 15 is 0 Å². The summed E-state index contributed by atoms with van der Waals surface area (Å²) in [4.78, 5) is 2.07. The quantitative estimate of drug-likeness (QED) is 0.767. The van der Waals surface area contributed by atoms with Crippen LogP contribution < -0.4 is 5.14 Å². The molecule has 1 fully saturated rings. The van der Waals surface area contributed by atoms with Crippen LogP contribution in [0.25, 0.3) is 0 Å². The van der Waals surface area contributed by atoms with Crippen molar-refractivity contribution >= 4 is 18.3 Å². The Bertz CT molecular complexity index is 384. The summed E-state index contributed by atoms with van der Waals surface area (Å²) < 4.78 is 28.1. The summed E-state index contributed by atoms with van der Waals surface area (Å²) in [5.74, 6) is 0. The summed E-state index contributed by atoms with van der Waals surface area (Å²) >= 11 is 0. The summed E-state index contributed by atoms with van der Waals surface area (Å²) in [5.41, 5.74) is 0. The number of primary sulfonamides is 1. The molecule has 0 unspecified atom stereocenters. The molecule has 0 bridgehead atoms. The number of rotatable bonds is 5. The lowest BCUT2D eigenvalue weighted by Crippen LogP contribution is -2.57. The molecule has 0 aromatic heterocycles. The summed E-state index contributed by atoms with van der Waals surface area (Å²) in [5, 5.41) is 4.91. The minimum atomic E-state index is -3.35. The van der Waals surface area contributed by atoms with E-state index in [-0.39, 0.29) is 10.3 Å². The van der Waals surface area contributed by atoms with Gasteiger partial charge in [0.1, 0.15) is 5.25 Å². The maximum atomic E-state index is 11.1. The lowest BCUT2D eigenvalue weighted by Gasteiger charge is -2.40. The van der Waals surface area contributed by atoms with Gasteiger partial charge in [-0.25, -0.2) is 13.6 Å². The zero-order valence-corrected chi connectivity index (χ0v) is 13.9. The Morgan fingerprint density at radius 3 is 2.22 bits per heavy atom. The van der Waals surface area contributed by atoms with E-state index in [9.17, 15) is 8.42 Å². The normalized spacial score (nSPS) is 19.9. The van der Waals surface area contributed by atoms with Gasteiger partial charge in [-0.2, -0.15) is 0 Å². The monoisotopic (exact) mass is 294 g/mol. The maximum absolute atomic E-state index is 11.1. The van der Waals surface area contributed by atoms with E-state index in [1.165, 1.54) is 0 Å². The molecule has 1 heterocycles. The first-order valence-corrected chi connectivity index (χ1v) is 10.8. The first-order valence-electron chi connectivity index (χ1n) is 6.31. The molecule has 0 radical (unpaired) electrons. The highest BCUT2D eigenvalue weighted by Crippen LogP contribution is 2.36. The van der Waals surface area contributed by atoms with E-state index in [4.69, 9.17) is 9.56 Å². The summed E-state index contributed by atoms with van der Waals surface area (Å²) in [6.07, 6.45) is 0. The standard InChI is InChI=1S/C11H26N2O3SSi/c1-11(2,3)18(4,5)16-7-6-13-8-10(9-13)17(12,14)15/h10H,6-9H2,1-5H3,(H2,12,14,15). The fourth-order valence-electron chi connectivity index (χ4n) is 1.56. The molecule has 7 heteroatoms. The predicted molar refractivity (Wildman–Crippen MR) is 76.5 cm³/mol. The summed E-state index contributed by atoms with van der Waals surface area (Å²) in [6, 6.07) is 0. The fraction of sp³-hybridized carbons (Fsp3) is 1.00. The second kappa shape index (κ2) is 5.20. The van der Waals surface area contributed by atoms with Crippen molar-refractivity contribution in [2.24, 2.45) is 5.14 Å². The van der Waals surface area contributed by atoms with Crippen molar-refractivity contribution in [2.45, 2.75) is 44.2 Å². The van der Waals surface area contributed by atoms with E-state index < -0.39 is 18.3 Å². The van der Waals surface area contributed by atoms with Crippen LogP contribution in [0.4, 0.5) is 0 Å². The van der Waals surface area contributed by atoms with Gasteiger partial charge in [-0.3, -0.25) is 4.90 Å². The Kier molecular flexibility index (Phi) is 4.65. The minimum Gasteiger partial charge on any atom is -0.416 e. The van der Waals surface area contributed by atoms with Crippen molar-refractivity contribution < 1.29 is 12.8 Å². The van der Waals surface area contributed by atoms with Gasteiger partial charge in [0.05, 0.1) is 0 Å². The molecule has 0 amide bonds. The van der Waals surface area contributed by atoms with E-state index in [2.05, 4.69) is 38.8 Å². The predicted octanol–water partition coefficient (Wildman–Crippen LogP) is 0.981. The molecule has 1 aliphatic heterocycles. The molecule has 5 nitrogen and oxygen atoms in total. The van der Waals surface area contributed by atoms with Gasteiger partial charge in [-0.15, -0.1) is 0 Å². The van der Waals surface area contributed by atoms with Crippen LogP contribution in [0.15, 0.2) is 0 Å². The number of sulfonamides is 1. The smallest absolute Gasteiger partial charge is 0.214 e. The van der Waals surface area contributed by atoms with Gasteiger partial charge < -0.3 is 4.43 Å². The summed E-state index contributed by atoms with van der Waals surface area (Å²) in [7, 11) is -5.03. The third-order valence-electron chi connectivity index (χ3n) is 4.06. The lowest BCUT2D eigenvalue weighted by atomic mass is 10.2. The highest BCUT2D eigenvalue weighted by atomic mass is 32.2. The molecular formula is C11H26N2O3SSi. The van der Waals surface area contributed by atoms with Crippen LogP contribution in [0.5, 0.6) is 0 Å². The molecular weight excluding hydrogens is 268 g/mol. The lowest BCUT2D eigenvalue weighted by molar-refractivity contribution is 0.144. The number of nitrogens with two attached hydrogens (primary N) is 1. The van der Waals surface area contributed by atoms with Crippen LogP contribution in [0.3, 0.4) is 0 Å². The van der Waals surface area contributed by atoms with Gasteiger partial charge in [-0.1, -0.05) is 20.8 Å². The maximum Gasteiger partial charge on any atom is 0.214 e. The molecule has 108 valence electrons. The molecule has 0 aliphatic carbocycles. The van der Waals surface area contributed by atoms with E-state index in [1.54, 1.807) is 0 Å². The molecule has 0 aromatic carbocycles. The third kappa shape index (κ3) is 4.02. The van der Waals surface area contributed by atoms with Crippen LogP contribution >= 0.6 is 0 Å². The Balaban J connectivity index is 2.26. The largest absolute Gasteiger partial charge is 0.416 e. The van der Waals surface area contributed by atoms with Crippen molar-refractivity contribution in [3.8, 4) is 0 Å². The van der Waals surface area contributed by atoms with Crippen molar-refractivity contribution in [2.75, 3.05) is 26.2 Å². The van der Waals surface area contributed by atoms with Gasteiger partial charge in [0.15, 0.2) is 8.32 Å². The average Bonchev–Trinajstić information content (AvgIpc) is 2.04. The van der Waals surface area contributed by atoms with Crippen LogP contribution in [-0.4, -0.2) is 53.1 Å². The molecule has 1 aliphatic rings. The highest BCUT2D eigenvalue weighted by molar-refractivity contribution is 7.89. The highest BCUT2D eigenvalue weighted by Gasteiger charge is 2.38. The number of hydrogen-bond donors (Lipinski definition) is 1.